The summed E-state index contributed by atoms with van der Waals surface area (Å²) in [7, 11) is 0. The predicted octanol–water partition coefficient (Wildman–Crippen LogP) is 4.07. The number of nitrogens with zero attached hydrogens (tertiary/aromatic N) is 1. The Morgan fingerprint density at radius 2 is 1.68 bits per heavy atom. The maximum atomic E-state index is 13.8. The highest BCUT2D eigenvalue weighted by molar-refractivity contribution is 7.80. The molecule has 1 aromatic carbocycles. The van der Waals surface area contributed by atoms with Gasteiger partial charge in [0.25, 0.3) is 0 Å². The van der Waals surface area contributed by atoms with E-state index in [0.29, 0.717) is 17.5 Å². The summed E-state index contributed by atoms with van der Waals surface area (Å²) in [6.07, 6.45) is 5.36. The maximum Gasteiger partial charge on any atom is 0.408 e. The zero-order chi connectivity index (χ0) is 26.3. The highest BCUT2D eigenvalue weighted by atomic mass is 32.1. The van der Waals surface area contributed by atoms with Crippen molar-refractivity contribution in [3.05, 3.63) is 35.4 Å². The minimum Gasteiger partial charge on any atom is -0.444 e. The molecule has 0 aromatic heterocycles. The zero-order valence-electron chi connectivity index (χ0n) is 21.6. The Kier molecular flexibility index (Phi) is 10.5. The van der Waals surface area contributed by atoms with Gasteiger partial charge in [-0.3, -0.25) is 9.59 Å². The number of rotatable bonds is 8. The van der Waals surface area contributed by atoms with Gasteiger partial charge in [-0.15, -0.1) is 6.42 Å². The van der Waals surface area contributed by atoms with E-state index < -0.39 is 35.2 Å². The summed E-state index contributed by atoms with van der Waals surface area (Å²) in [5.74, 6) is 1.84. The van der Waals surface area contributed by atoms with Crippen LogP contribution in [0.5, 0.6) is 0 Å². The Morgan fingerprint density at radius 3 is 2.09 bits per heavy atom. The van der Waals surface area contributed by atoms with Crippen molar-refractivity contribution in [3.63, 3.8) is 0 Å². The SMILES string of the molecule is C#Cc1ccc(C(C(=O)NC(C)(C)C)N(C(=O)C(CS)NC(=O)OC(C)(C)C)C(C)CC)cc1. The Hall–Kier alpha value is -2.66. The third-order valence-corrected chi connectivity index (χ3v) is 5.27. The molecule has 0 heterocycles. The first-order chi connectivity index (χ1) is 15.6. The fourth-order valence-electron chi connectivity index (χ4n) is 3.25. The molecule has 0 spiro atoms. The van der Waals surface area contributed by atoms with Gasteiger partial charge < -0.3 is 20.3 Å². The quantitative estimate of drug-likeness (QED) is 0.379. The third kappa shape index (κ3) is 8.94. The number of amides is 3. The van der Waals surface area contributed by atoms with Crippen LogP contribution in [-0.4, -0.2) is 51.8 Å². The van der Waals surface area contributed by atoms with Crippen LogP contribution in [0.4, 0.5) is 4.79 Å². The number of nitrogens with one attached hydrogen (secondary N) is 2. The number of carbonyl (C=O) groups excluding carboxylic acids is 3. The fourth-order valence-corrected chi connectivity index (χ4v) is 3.50. The molecule has 3 unspecified atom stereocenters. The number of thiol groups is 1. The van der Waals surface area contributed by atoms with Crippen LogP contribution >= 0.6 is 12.6 Å². The van der Waals surface area contributed by atoms with Gasteiger partial charge in [0.1, 0.15) is 17.7 Å². The van der Waals surface area contributed by atoms with Gasteiger partial charge in [-0.2, -0.15) is 12.6 Å². The summed E-state index contributed by atoms with van der Waals surface area (Å²) < 4.78 is 5.32. The van der Waals surface area contributed by atoms with Gasteiger partial charge in [0, 0.05) is 22.9 Å². The van der Waals surface area contributed by atoms with Crippen LogP contribution in [0, 0.1) is 12.3 Å². The number of benzene rings is 1. The standard InChI is InChI=1S/C26H39N3O4S/c1-10-17(3)29(23(31)20(16-34)27-24(32)33-26(7,8)9)21(22(30)28-25(4,5)6)19-14-12-18(11-2)13-15-19/h2,12-15,17,20-21,34H,10,16H2,1,3-9H3,(H,27,32)(H,28,30). The largest absolute Gasteiger partial charge is 0.444 e. The first-order valence-electron chi connectivity index (χ1n) is 11.4. The van der Waals surface area contributed by atoms with Gasteiger partial charge in [0.15, 0.2) is 0 Å². The molecule has 1 aromatic rings. The van der Waals surface area contributed by atoms with Gasteiger partial charge in [-0.1, -0.05) is 25.0 Å². The molecule has 0 aliphatic heterocycles. The van der Waals surface area contributed by atoms with Crippen molar-refractivity contribution in [1.29, 1.82) is 0 Å². The van der Waals surface area contributed by atoms with E-state index in [-0.39, 0.29) is 17.7 Å². The minimum absolute atomic E-state index is 0.0364. The van der Waals surface area contributed by atoms with Crippen LogP contribution in [0.3, 0.4) is 0 Å². The lowest BCUT2D eigenvalue weighted by molar-refractivity contribution is -0.145. The third-order valence-electron chi connectivity index (χ3n) is 4.91. The molecule has 0 bridgehead atoms. The number of hydrogen-bond donors (Lipinski definition) is 3. The molecular formula is C26H39N3O4S. The Morgan fingerprint density at radius 1 is 1.12 bits per heavy atom. The van der Waals surface area contributed by atoms with E-state index in [2.05, 4.69) is 29.2 Å². The second-order valence-electron chi connectivity index (χ2n) is 10.3. The minimum atomic E-state index is -0.984. The highest BCUT2D eigenvalue weighted by Crippen LogP contribution is 2.27. The average molecular weight is 490 g/mol. The summed E-state index contributed by atoms with van der Waals surface area (Å²) in [5, 5.41) is 5.59. The molecule has 34 heavy (non-hydrogen) atoms. The van der Waals surface area contributed by atoms with E-state index in [1.54, 1.807) is 45.0 Å². The lowest BCUT2D eigenvalue weighted by Gasteiger charge is -2.39. The van der Waals surface area contributed by atoms with E-state index in [1.165, 1.54) is 4.90 Å². The maximum absolute atomic E-state index is 13.8. The lowest BCUT2D eigenvalue weighted by atomic mass is 9.97. The van der Waals surface area contributed by atoms with Gasteiger partial charge >= 0.3 is 6.09 Å². The van der Waals surface area contributed by atoms with Crippen molar-refractivity contribution >= 4 is 30.5 Å². The molecule has 0 radical (unpaired) electrons. The first kappa shape index (κ1) is 29.4. The Bertz CT molecular complexity index is 895. The molecular weight excluding hydrogens is 450 g/mol. The highest BCUT2D eigenvalue weighted by Gasteiger charge is 2.39. The number of hydrogen-bond acceptors (Lipinski definition) is 5. The Balaban J connectivity index is 3.48. The first-order valence-corrected chi connectivity index (χ1v) is 12.1. The van der Waals surface area contributed by atoms with E-state index >= 15 is 0 Å². The van der Waals surface area contributed by atoms with Crippen LogP contribution in [0.25, 0.3) is 0 Å². The summed E-state index contributed by atoms with van der Waals surface area (Å²) in [4.78, 5) is 41.2. The van der Waals surface area contributed by atoms with Gasteiger partial charge in [0.2, 0.25) is 11.8 Å². The van der Waals surface area contributed by atoms with Crippen LogP contribution in [0.15, 0.2) is 24.3 Å². The summed E-state index contributed by atoms with van der Waals surface area (Å²) in [6.45, 7) is 14.6. The topological polar surface area (TPSA) is 87.7 Å². The molecule has 0 aliphatic carbocycles. The summed E-state index contributed by atoms with van der Waals surface area (Å²) >= 11 is 4.30. The van der Waals surface area contributed by atoms with Gasteiger partial charge in [-0.05, 0) is 72.6 Å². The van der Waals surface area contributed by atoms with Gasteiger partial charge in [-0.25, -0.2) is 4.79 Å². The number of ether oxygens (including phenoxy) is 1. The van der Waals surface area contributed by atoms with E-state index in [1.807, 2.05) is 34.6 Å². The number of carbonyl (C=O) groups is 3. The second kappa shape index (κ2) is 12.2. The van der Waals surface area contributed by atoms with Crippen molar-refractivity contribution in [2.24, 2.45) is 0 Å². The molecule has 1 rings (SSSR count). The van der Waals surface area contributed by atoms with E-state index in [0.717, 1.165) is 0 Å². The van der Waals surface area contributed by atoms with Gasteiger partial charge in [0.05, 0.1) is 0 Å². The van der Waals surface area contributed by atoms with Crippen LogP contribution in [0.1, 0.15) is 79.0 Å². The molecule has 3 amide bonds. The molecule has 3 atom stereocenters. The monoisotopic (exact) mass is 489 g/mol. The van der Waals surface area contributed by atoms with Crippen molar-refractivity contribution in [2.45, 2.75) is 91.1 Å². The van der Waals surface area contributed by atoms with Crippen molar-refractivity contribution < 1.29 is 19.1 Å². The van der Waals surface area contributed by atoms with Crippen LogP contribution < -0.4 is 10.6 Å². The number of terminal acetylenes is 1. The molecule has 0 fully saturated rings. The molecule has 188 valence electrons. The molecule has 0 saturated heterocycles. The normalized spacial score (nSPS) is 14.2. The Labute approximate surface area is 209 Å². The molecule has 0 aliphatic rings. The summed E-state index contributed by atoms with van der Waals surface area (Å²) in [5.41, 5.74) is 0.0405. The second-order valence-corrected chi connectivity index (χ2v) is 10.7. The molecule has 2 N–H and O–H groups in total. The van der Waals surface area contributed by atoms with Crippen molar-refractivity contribution in [3.8, 4) is 12.3 Å². The number of alkyl carbamates (subject to hydrolysis) is 1. The van der Waals surface area contributed by atoms with Crippen molar-refractivity contribution in [1.82, 2.24) is 15.5 Å². The molecule has 0 saturated carbocycles. The summed E-state index contributed by atoms with van der Waals surface area (Å²) in [6, 6.07) is 4.75. The van der Waals surface area contributed by atoms with Crippen LogP contribution in [0.2, 0.25) is 0 Å². The zero-order valence-corrected chi connectivity index (χ0v) is 22.5. The predicted molar refractivity (Wildman–Crippen MR) is 139 cm³/mol. The van der Waals surface area contributed by atoms with Crippen molar-refractivity contribution in [2.75, 3.05) is 5.75 Å². The van der Waals surface area contributed by atoms with E-state index in [9.17, 15) is 14.4 Å². The lowest BCUT2D eigenvalue weighted by Crippen LogP contribution is -2.57. The smallest absolute Gasteiger partial charge is 0.408 e. The molecule has 7 nitrogen and oxygen atoms in total. The molecule has 8 heteroatoms. The fraction of sp³-hybridized carbons (Fsp3) is 0.577. The van der Waals surface area contributed by atoms with E-state index in [4.69, 9.17) is 11.2 Å². The average Bonchev–Trinajstić information content (AvgIpc) is 2.72. The van der Waals surface area contributed by atoms with Crippen LogP contribution in [-0.2, 0) is 14.3 Å².